The molecule has 0 atom stereocenters. The van der Waals surface area contributed by atoms with E-state index >= 15 is 0 Å². The van der Waals surface area contributed by atoms with Crippen molar-refractivity contribution in [2.75, 3.05) is 13.1 Å². The van der Waals surface area contributed by atoms with Crippen molar-refractivity contribution in [3.8, 4) is 0 Å². The van der Waals surface area contributed by atoms with Gasteiger partial charge in [-0.3, -0.25) is 9.59 Å². The highest BCUT2D eigenvalue weighted by molar-refractivity contribution is 6.07. The number of carbonyl (C=O) groups is 2. The number of nitrogens with one attached hydrogen (secondary N) is 1. The number of carbonyl (C=O) groups excluding carboxylic acids is 2. The first kappa shape index (κ1) is 22.7. The van der Waals surface area contributed by atoms with E-state index in [0.717, 1.165) is 57.2 Å². The molecule has 0 spiro atoms. The van der Waals surface area contributed by atoms with E-state index in [1.165, 1.54) is 0 Å². The van der Waals surface area contributed by atoms with Crippen LogP contribution in [0.2, 0.25) is 0 Å². The predicted octanol–water partition coefficient (Wildman–Crippen LogP) is 5.44. The molecule has 2 rings (SSSR count). The van der Waals surface area contributed by atoms with Crippen LogP contribution in [0.1, 0.15) is 78.7 Å². The highest BCUT2D eigenvalue weighted by Crippen LogP contribution is 2.15. The minimum atomic E-state index is -0.208. The van der Waals surface area contributed by atoms with Gasteiger partial charge in [-0.05, 0) is 30.5 Å². The lowest BCUT2D eigenvalue weighted by Crippen LogP contribution is -2.35. The number of hydrogen-bond donors (Lipinski definition) is 1. The van der Waals surface area contributed by atoms with Crippen LogP contribution in [0.3, 0.4) is 0 Å². The molecule has 0 saturated heterocycles. The Morgan fingerprint density at radius 3 is 1.90 bits per heavy atom. The second kappa shape index (κ2) is 12.8. The summed E-state index contributed by atoms with van der Waals surface area (Å²) in [5.74, 6) is -0.248. The van der Waals surface area contributed by atoms with Gasteiger partial charge in [0, 0.05) is 19.6 Å². The fourth-order valence-corrected chi connectivity index (χ4v) is 3.33. The number of rotatable bonds is 12. The van der Waals surface area contributed by atoms with Gasteiger partial charge >= 0.3 is 0 Å². The molecule has 29 heavy (non-hydrogen) atoms. The number of amides is 2. The summed E-state index contributed by atoms with van der Waals surface area (Å²) < 4.78 is 0. The normalized spacial score (nSPS) is 10.6. The number of nitrogens with zero attached hydrogens (tertiary/aromatic N) is 1. The van der Waals surface area contributed by atoms with Gasteiger partial charge in [0.05, 0.1) is 11.1 Å². The molecule has 4 nitrogen and oxygen atoms in total. The minimum Gasteiger partial charge on any atom is -0.348 e. The molecule has 2 aromatic carbocycles. The van der Waals surface area contributed by atoms with Gasteiger partial charge < -0.3 is 10.2 Å². The maximum Gasteiger partial charge on any atom is 0.254 e. The Morgan fingerprint density at radius 2 is 1.31 bits per heavy atom. The smallest absolute Gasteiger partial charge is 0.254 e. The van der Waals surface area contributed by atoms with Crippen LogP contribution in [0.25, 0.3) is 0 Å². The van der Waals surface area contributed by atoms with Crippen molar-refractivity contribution < 1.29 is 9.59 Å². The van der Waals surface area contributed by atoms with Gasteiger partial charge in [0.1, 0.15) is 0 Å². The monoisotopic (exact) mass is 394 g/mol. The molecule has 0 unspecified atom stereocenters. The van der Waals surface area contributed by atoms with Crippen molar-refractivity contribution in [3.05, 3.63) is 71.3 Å². The van der Waals surface area contributed by atoms with E-state index in [1.807, 2.05) is 47.4 Å². The van der Waals surface area contributed by atoms with E-state index < -0.39 is 0 Å². The fourth-order valence-electron chi connectivity index (χ4n) is 3.33. The van der Waals surface area contributed by atoms with Crippen LogP contribution in [0, 0.1) is 0 Å². The highest BCUT2D eigenvalue weighted by Gasteiger charge is 2.21. The number of hydrogen-bond acceptors (Lipinski definition) is 2. The van der Waals surface area contributed by atoms with Crippen LogP contribution >= 0.6 is 0 Å². The summed E-state index contributed by atoms with van der Waals surface area (Å²) in [4.78, 5) is 28.0. The van der Waals surface area contributed by atoms with E-state index in [1.54, 1.807) is 12.1 Å². The van der Waals surface area contributed by atoms with Crippen LogP contribution in [-0.2, 0) is 6.54 Å². The maximum atomic E-state index is 13.3. The summed E-state index contributed by atoms with van der Waals surface area (Å²) in [6.45, 7) is 6.26. The van der Waals surface area contributed by atoms with Gasteiger partial charge in [-0.15, -0.1) is 0 Å². The van der Waals surface area contributed by atoms with Crippen LogP contribution in [0.4, 0.5) is 0 Å². The quantitative estimate of drug-likeness (QED) is 0.487. The van der Waals surface area contributed by atoms with E-state index in [0.29, 0.717) is 17.7 Å². The van der Waals surface area contributed by atoms with Gasteiger partial charge in [0.2, 0.25) is 0 Å². The average molecular weight is 395 g/mol. The van der Waals surface area contributed by atoms with Gasteiger partial charge in [0.15, 0.2) is 0 Å². The van der Waals surface area contributed by atoms with Crippen LogP contribution in [-0.4, -0.2) is 29.8 Å². The van der Waals surface area contributed by atoms with Gasteiger partial charge in [0.25, 0.3) is 11.8 Å². The van der Waals surface area contributed by atoms with Crippen molar-refractivity contribution in [1.29, 1.82) is 0 Å². The molecule has 0 heterocycles. The topological polar surface area (TPSA) is 49.4 Å². The zero-order valence-electron chi connectivity index (χ0n) is 17.8. The zero-order chi connectivity index (χ0) is 20.9. The molecule has 1 N–H and O–H groups in total. The molecule has 2 aromatic rings. The second-order valence-corrected chi connectivity index (χ2v) is 7.42. The van der Waals surface area contributed by atoms with Gasteiger partial charge in [-0.1, -0.05) is 82.0 Å². The first-order valence-corrected chi connectivity index (χ1v) is 10.9. The first-order chi connectivity index (χ1) is 14.2. The Labute approximate surface area is 175 Å². The maximum absolute atomic E-state index is 13.3. The predicted molar refractivity (Wildman–Crippen MR) is 119 cm³/mol. The molecule has 2 amide bonds. The van der Waals surface area contributed by atoms with Crippen molar-refractivity contribution in [2.45, 2.75) is 58.9 Å². The Hall–Kier alpha value is -2.62. The molecule has 0 aliphatic carbocycles. The summed E-state index contributed by atoms with van der Waals surface area (Å²) in [6, 6.07) is 16.9. The standard InChI is InChI=1S/C25H34N2O2/c1-3-5-12-18-27(19-13-6-4-2)25(29)23-17-11-10-16-22(23)24(28)26-20-21-14-8-7-9-15-21/h7-11,14-17H,3-6,12-13,18-20H2,1-2H3,(H,26,28). The zero-order valence-corrected chi connectivity index (χ0v) is 17.8. The lowest BCUT2D eigenvalue weighted by molar-refractivity contribution is 0.0743. The molecular weight excluding hydrogens is 360 g/mol. The minimum absolute atomic E-state index is 0.0392. The Morgan fingerprint density at radius 1 is 0.759 bits per heavy atom. The average Bonchev–Trinajstić information content (AvgIpc) is 2.77. The molecule has 0 bridgehead atoms. The summed E-state index contributed by atoms with van der Waals surface area (Å²) in [5, 5.41) is 2.94. The van der Waals surface area contributed by atoms with Crippen molar-refractivity contribution in [2.24, 2.45) is 0 Å². The van der Waals surface area contributed by atoms with Gasteiger partial charge in [-0.25, -0.2) is 0 Å². The third kappa shape index (κ3) is 7.37. The fraction of sp³-hybridized carbons (Fsp3) is 0.440. The number of unbranched alkanes of at least 4 members (excludes halogenated alkanes) is 4. The molecular formula is C25H34N2O2. The van der Waals surface area contributed by atoms with Gasteiger partial charge in [-0.2, -0.15) is 0 Å². The SMILES string of the molecule is CCCCCN(CCCCC)C(=O)c1ccccc1C(=O)NCc1ccccc1. The van der Waals surface area contributed by atoms with E-state index in [9.17, 15) is 9.59 Å². The largest absolute Gasteiger partial charge is 0.348 e. The number of benzene rings is 2. The highest BCUT2D eigenvalue weighted by atomic mass is 16.2. The van der Waals surface area contributed by atoms with Crippen molar-refractivity contribution >= 4 is 11.8 Å². The summed E-state index contributed by atoms with van der Waals surface area (Å²) in [7, 11) is 0. The van der Waals surface area contributed by atoms with E-state index in [2.05, 4.69) is 19.2 Å². The molecule has 156 valence electrons. The molecule has 0 fully saturated rings. The molecule has 0 radical (unpaired) electrons. The summed E-state index contributed by atoms with van der Waals surface area (Å²) in [6.07, 6.45) is 6.45. The molecule has 0 aliphatic rings. The van der Waals surface area contributed by atoms with Crippen molar-refractivity contribution in [3.63, 3.8) is 0 Å². The molecule has 0 saturated carbocycles. The lowest BCUT2D eigenvalue weighted by atomic mass is 10.0. The third-order valence-electron chi connectivity index (χ3n) is 5.05. The third-order valence-corrected chi connectivity index (χ3v) is 5.05. The summed E-state index contributed by atoms with van der Waals surface area (Å²) >= 11 is 0. The Balaban J connectivity index is 2.11. The van der Waals surface area contributed by atoms with Crippen LogP contribution < -0.4 is 5.32 Å². The summed E-state index contributed by atoms with van der Waals surface area (Å²) in [5.41, 5.74) is 1.97. The molecule has 4 heteroatoms. The molecule has 0 aromatic heterocycles. The van der Waals surface area contributed by atoms with Crippen LogP contribution in [0.15, 0.2) is 54.6 Å². The Bertz CT molecular complexity index is 748. The molecule has 0 aliphatic heterocycles. The van der Waals surface area contributed by atoms with Crippen molar-refractivity contribution in [1.82, 2.24) is 10.2 Å². The Kier molecular flexibility index (Phi) is 9.98. The van der Waals surface area contributed by atoms with E-state index in [-0.39, 0.29) is 11.8 Å². The van der Waals surface area contributed by atoms with Crippen LogP contribution in [0.5, 0.6) is 0 Å². The first-order valence-electron chi connectivity index (χ1n) is 10.9. The van der Waals surface area contributed by atoms with E-state index in [4.69, 9.17) is 0 Å². The lowest BCUT2D eigenvalue weighted by Gasteiger charge is -2.24. The second-order valence-electron chi connectivity index (χ2n) is 7.42.